The summed E-state index contributed by atoms with van der Waals surface area (Å²) in [7, 11) is 0. The van der Waals surface area contributed by atoms with Crippen LogP contribution in [0.2, 0.25) is 0 Å². The zero-order valence-electron chi connectivity index (χ0n) is 14.3. The molecule has 0 bridgehead atoms. The summed E-state index contributed by atoms with van der Waals surface area (Å²) in [5.74, 6) is -0.512. The fourth-order valence-corrected chi connectivity index (χ4v) is 2.82. The largest absolute Gasteiger partial charge is 0.464 e. The minimum Gasteiger partial charge on any atom is -0.464 e. The zero-order valence-corrected chi connectivity index (χ0v) is 15.8. The molecule has 9 nitrogen and oxygen atoms in total. The highest BCUT2D eigenvalue weighted by Gasteiger charge is 2.10. The number of nitrogens with zero attached hydrogens (tertiary/aromatic N) is 4. The summed E-state index contributed by atoms with van der Waals surface area (Å²) in [5, 5.41) is 2.53. The maximum Gasteiger partial charge on any atom is 0.325 e. The number of carbonyl (C=O) groups is 2. The number of aromatic nitrogens is 4. The van der Waals surface area contributed by atoms with Crippen LogP contribution in [0.25, 0.3) is 11.2 Å². The van der Waals surface area contributed by atoms with E-state index in [1.807, 2.05) is 10.6 Å². The highest BCUT2D eigenvalue weighted by atomic mass is 79.9. The van der Waals surface area contributed by atoms with Crippen molar-refractivity contribution in [1.29, 1.82) is 0 Å². The number of nitrogens with two attached hydrogens (primary N) is 1. The van der Waals surface area contributed by atoms with Gasteiger partial charge in [-0.15, -0.1) is 0 Å². The van der Waals surface area contributed by atoms with Gasteiger partial charge in [-0.2, -0.15) is 0 Å². The summed E-state index contributed by atoms with van der Waals surface area (Å²) < 4.78 is 7.74. The first kappa shape index (κ1) is 18.8. The number of benzene rings is 1. The summed E-state index contributed by atoms with van der Waals surface area (Å²) in [4.78, 5) is 35.9. The summed E-state index contributed by atoms with van der Waals surface area (Å²) in [6.45, 7) is 0.583. The van der Waals surface area contributed by atoms with Crippen LogP contribution in [0.15, 0.2) is 41.4 Å². The van der Waals surface area contributed by atoms with Crippen LogP contribution in [-0.2, 0) is 16.1 Å². The Morgan fingerprint density at radius 3 is 2.93 bits per heavy atom. The number of anilines is 1. The van der Waals surface area contributed by atoms with Crippen LogP contribution in [0.1, 0.15) is 16.8 Å². The Kier molecular flexibility index (Phi) is 5.97. The molecule has 1 amide bonds. The number of carbonyl (C=O) groups excluding carboxylic acids is 2. The molecule has 0 aliphatic heterocycles. The van der Waals surface area contributed by atoms with Gasteiger partial charge in [0.15, 0.2) is 11.5 Å². The Hall–Kier alpha value is -3.01. The van der Waals surface area contributed by atoms with E-state index in [4.69, 9.17) is 10.5 Å². The number of amides is 1. The van der Waals surface area contributed by atoms with Gasteiger partial charge >= 0.3 is 5.97 Å². The predicted octanol–water partition coefficient (Wildman–Crippen LogP) is 1.53. The molecule has 0 saturated carbocycles. The molecule has 0 radical (unpaired) electrons. The lowest BCUT2D eigenvalue weighted by Crippen LogP contribution is -2.30. The van der Waals surface area contributed by atoms with Gasteiger partial charge in [-0.1, -0.05) is 22.0 Å². The monoisotopic (exact) mass is 432 g/mol. The molecule has 2 aromatic heterocycles. The Morgan fingerprint density at radius 1 is 1.26 bits per heavy atom. The predicted molar refractivity (Wildman–Crippen MR) is 102 cm³/mol. The molecule has 3 rings (SSSR count). The first-order chi connectivity index (χ1) is 13.0. The SMILES string of the molecule is Nc1ncnc2c1ncn2CCCOC(=O)CNC(=O)c1cccc(Br)c1. The highest BCUT2D eigenvalue weighted by Crippen LogP contribution is 2.14. The Labute approximate surface area is 163 Å². The number of nitrogen functional groups attached to an aromatic ring is 1. The molecule has 2 heterocycles. The van der Waals surface area contributed by atoms with E-state index in [1.165, 1.54) is 6.33 Å². The van der Waals surface area contributed by atoms with Crippen molar-refractivity contribution in [3.05, 3.63) is 47.0 Å². The van der Waals surface area contributed by atoms with Crippen LogP contribution in [-0.4, -0.2) is 44.5 Å². The molecular weight excluding hydrogens is 416 g/mol. The Balaban J connectivity index is 1.40. The standard InChI is InChI=1S/C17H17BrN6O3/c18-12-4-1-3-11(7-12)17(26)20-8-13(25)27-6-2-5-24-10-23-14-15(19)21-9-22-16(14)24/h1,3-4,7,9-10H,2,5-6,8H2,(H,20,26)(H2,19,21,22). The van der Waals surface area contributed by atoms with Crippen LogP contribution in [0.5, 0.6) is 0 Å². The van der Waals surface area contributed by atoms with E-state index >= 15 is 0 Å². The van der Waals surface area contributed by atoms with Gasteiger partial charge < -0.3 is 20.4 Å². The minimum atomic E-state index is -0.500. The molecule has 0 fully saturated rings. The summed E-state index contributed by atoms with van der Waals surface area (Å²) in [6.07, 6.45) is 3.57. The first-order valence-corrected chi connectivity index (χ1v) is 8.94. The van der Waals surface area contributed by atoms with Crippen molar-refractivity contribution in [2.75, 3.05) is 18.9 Å². The van der Waals surface area contributed by atoms with E-state index < -0.39 is 5.97 Å². The summed E-state index contributed by atoms with van der Waals surface area (Å²) in [6, 6.07) is 6.90. The molecule has 1 aromatic carbocycles. The summed E-state index contributed by atoms with van der Waals surface area (Å²) >= 11 is 3.29. The van der Waals surface area contributed by atoms with Gasteiger partial charge in [-0.25, -0.2) is 15.0 Å². The molecule has 140 valence electrons. The average Bonchev–Trinajstić information content (AvgIpc) is 3.08. The lowest BCUT2D eigenvalue weighted by Gasteiger charge is -2.07. The topological polar surface area (TPSA) is 125 Å². The molecule has 0 aliphatic rings. The molecular formula is C17H17BrN6O3. The van der Waals surface area contributed by atoms with E-state index in [9.17, 15) is 9.59 Å². The molecule has 0 aliphatic carbocycles. The number of fused-ring (bicyclic) bond motifs is 1. The van der Waals surface area contributed by atoms with E-state index in [0.29, 0.717) is 35.5 Å². The van der Waals surface area contributed by atoms with Crippen molar-refractivity contribution >= 4 is 44.8 Å². The van der Waals surface area contributed by atoms with Gasteiger partial charge in [0.1, 0.15) is 18.4 Å². The van der Waals surface area contributed by atoms with Gasteiger partial charge in [0.2, 0.25) is 0 Å². The lowest BCUT2D eigenvalue weighted by molar-refractivity contribution is -0.142. The fourth-order valence-electron chi connectivity index (χ4n) is 2.42. The van der Waals surface area contributed by atoms with Gasteiger partial charge in [0.05, 0.1) is 12.9 Å². The lowest BCUT2D eigenvalue weighted by atomic mass is 10.2. The van der Waals surface area contributed by atoms with Crippen molar-refractivity contribution in [3.8, 4) is 0 Å². The van der Waals surface area contributed by atoms with Gasteiger partial charge in [0, 0.05) is 16.6 Å². The second kappa shape index (κ2) is 8.58. The van der Waals surface area contributed by atoms with Crippen molar-refractivity contribution in [1.82, 2.24) is 24.8 Å². The maximum absolute atomic E-state index is 12.0. The smallest absolute Gasteiger partial charge is 0.325 e. The Morgan fingerprint density at radius 2 is 2.11 bits per heavy atom. The first-order valence-electron chi connectivity index (χ1n) is 8.15. The van der Waals surface area contributed by atoms with Gasteiger partial charge in [0.25, 0.3) is 5.91 Å². The normalized spacial score (nSPS) is 10.7. The number of imidazole rings is 1. The highest BCUT2D eigenvalue weighted by molar-refractivity contribution is 9.10. The number of ether oxygens (including phenoxy) is 1. The van der Waals surface area contributed by atoms with Crippen molar-refractivity contribution in [3.63, 3.8) is 0 Å². The second-order valence-electron chi connectivity index (χ2n) is 5.64. The molecule has 3 N–H and O–H groups in total. The summed E-state index contributed by atoms with van der Waals surface area (Å²) in [5.41, 5.74) is 7.38. The fraction of sp³-hybridized carbons (Fsp3) is 0.235. The maximum atomic E-state index is 12.0. The third-order valence-electron chi connectivity index (χ3n) is 3.72. The number of aryl methyl sites for hydroxylation is 1. The molecule has 0 unspecified atom stereocenters. The van der Waals surface area contributed by atoms with Crippen LogP contribution >= 0.6 is 15.9 Å². The molecule has 27 heavy (non-hydrogen) atoms. The van der Waals surface area contributed by atoms with E-state index in [0.717, 1.165) is 4.47 Å². The second-order valence-corrected chi connectivity index (χ2v) is 6.55. The van der Waals surface area contributed by atoms with Crippen molar-refractivity contribution in [2.24, 2.45) is 0 Å². The number of hydrogen-bond donors (Lipinski definition) is 2. The Bertz CT molecular complexity index is 974. The van der Waals surface area contributed by atoms with Gasteiger partial charge in [-0.05, 0) is 24.6 Å². The third kappa shape index (κ3) is 4.79. The zero-order chi connectivity index (χ0) is 19.2. The molecule has 3 aromatic rings. The van der Waals surface area contributed by atoms with Gasteiger partial charge in [-0.3, -0.25) is 9.59 Å². The number of hydrogen-bond acceptors (Lipinski definition) is 7. The number of nitrogens with one attached hydrogen (secondary N) is 1. The van der Waals surface area contributed by atoms with Crippen LogP contribution < -0.4 is 11.1 Å². The number of halogens is 1. The quantitative estimate of drug-likeness (QED) is 0.428. The molecule has 10 heteroatoms. The average molecular weight is 433 g/mol. The van der Waals surface area contributed by atoms with E-state index in [-0.39, 0.29) is 19.1 Å². The van der Waals surface area contributed by atoms with Crippen LogP contribution in [0.4, 0.5) is 5.82 Å². The van der Waals surface area contributed by atoms with Crippen molar-refractivity contribution in [2.45, 2.75) is 13.0 Å². The molecule has 0 spiro atoms. The van der Waals surface area contributed by atoms with E-state index in [2.05, 4.69) is 36.2 Å². The number of rotatable bonds is 7. The van der Waals surface area contributed by atoms with Crippen molar-refractivity contribution < 1.29 is 14.3 Å². The van der Waals surface area contributed by atoms with Crippen LogP contribution in [0, 0.1) is 0 Å². The van der Waals surface area contributed by atoms with Crippen LogP contribution in [0.3, 0.4) is 0 Å². The third-order valence-corrected chi connectivity index (χ3v) is 4.21. The van der Waals surface area contributed by atoms with E-state index in [1.54, 1.807) is 24.5 Å². The molecule has 0 saturated heterocycles. The molecule has 0 atom stereocenters. The number of esters is 1. The minimum absolute atomic E-state index is 0.191.